The maximum atomic E-state index is 6.54. The van der Waals surface area contributed by atoms with Crippen molar-refractivity contribution in [2.45, 2.75) is 57.8 Å². The van der Waals surface area contributed by atoms with Crippen LogP contribution in [0.4, 0.5) is 0 Å². The minimum atomic E-state index is -1.56. The van der Waals surface area contributed by atoms with Crippen LogP contribution in [0.25, 0.3) is 0 Å². The molecule has 1 fully saturated rings. The average Bonchev–Trinajstić information content (AvgIpc) is 2.59. The first-order valence-corrected chi connectivity index (χ1v) is 10.2. The van der Waals surface area contributed by atoms with Gasteiger partial charge in [-0.05, 0) is 63.1 Å². The Balaban J connectivity index is 2.03. The van der Waals surface area contributed by atoms with Crippen molar-refractivity contribution in [3.8, 4) is 0 Å². The van der Waals surface area contributed by atoms with E-state index in [1.807, 2.05) is 0 Å². The first-order chi connectivity index (χ1) is 7.21. The molecule has 0 heterocycles. The van der Waals surface area contributed by atoms with Crippen molar-refractivity contribution in [3.05, 3.63) is 9.66 Å². The number of allylic oxidation sites excluding steroid dienone is 1. The van der Waals surface area contributed by atoms with Crippen LogP contribution in [0.5, 0.6) is 0 Å². The van der Waals surface area contributed by atoms with Gasteiger partial charge in [-0.25, -0.2) is 0 Å². The average molecular weight is 350 g/mol. The third-order valence-electron chi connectivity index (χ3n) is 4.57. The molecule has 0 aliphatic heterocycles. The predicted octanol–water partition coefficient (Wildman–Crippen LogP) is 4.74. The van der Waals surface area contributed by atoms with Crippen molar-refractivity contribution in [2.75, 3.05) is 0 Å². The fraction of sp³-hybridized carbons (Fsp3) is 0.846. The van der Waals surface area contributed by atoms with Crippen LogP contribution in [-0.4, -0.2) is 14.4 Å². The molecular formula is C13H23IOSi. The first-order valence-electron chi connectivity index (χ1n) is 6.26. The van der Waals surface area contributed by atoms with Crippen LogP contribution in [0.1, 0.15) is 33.6 Å². The monoisotopic (exact) mass is 350 g/mol. The number of fused-ring (bicyclic) bond motifs is 2. The predicted molar refractivity (Wildman–Crippen MR) is 80.4 cm³/mol. The van der Waals surface area contributed by atoms with Gasteiger partial charge in [-0.2, -0.15) is 0 Å². The van der Waals surface area contributed by atoms with E-state index >= 15 is 0 Å². The highest BCUT2D eigenvalue weighted by atomic mass is 127. The molecule has 2 bridgehead atoms. The molecule has 0 N–H and O–H groups in total. The summed E-state index contributed by atoms with van der Waals surface area (Å²) in [7, 11) is -1.56. The Kier molecular flexibility index (Phi) is 3.35. The molecule has 2 aliphatic carbocycles. The van der Waals surface area contributed by atoms with Gasteiger partial charge in [0.15, 0.2) is 8.32 Å². The molecule has 1 saturated carbocycles. The van der Waals surface area contributed by atoms with Crippen molar-refractivity contribution in [3.63, 3.8) is 0 Å². The Morgan fingerprint density at radius 1 is 1.31 bits per heavy atom. The van der Waals surface area contributed by atoms with Crippen molar-refractivity contribution in [1.82, 2.24) is 0 Å². The summed E-state index contributed by atoms with van der Waals surface area (Å²) in [5.41, 5.74) is 0. The molecule has 0 aromatic rings. The molecular weight excluding hydrogens is 327 g/mol. The van der Waals surface area contributed by atoms with Gasteiger partial charge >= 0.3 is 0 Å². The third kappa shape index (κ3) is 2.27. The van der Waals surface area contributed by atoms with Gasteiger partial charge in [0.05, 0.1) is 6.10 Å². The van der Waals surface area contributed by atoms with Gasteiger partial charge in [-0.1, -0.05) is 26.8 Å². The van der Waals surface area contributed by atoms with E-state index in [1.165, 1.54) is 12.8 Å². The topological polar surface area (TPSA) is 9.23 Å². The Hall–Kier alpha value is 0.647. The highest BCUT2D eigenvalue weighted by molar-refractivity contribution is 14.1. The van der Waals surface area contributed by atoms with E-state index in [1.54, 1.807) is 3.58 Å². The molecule has 16 heavy (non-hydrogen) atoms. The Bertz CT molecular complexity index is 316. The lowest BCUT2D eigenvalue weighted by atomic mass is 10.1. The van der Waals surface area contributed by atoms with Crippen molar-refractivity contribution < 1.29 is 4.43 Å². The van der Waals surface area contributed by atoms with E-state index < -0.39 is 8.32 Å². The molecule has 92 valence electrons. The normalized spacial score (nSPS) is 34.4. The van der Waals surface area contributed by atoms with E-state index in [-0.39, 0.29) is 0 Å². The fourth-order valence-corrected chi connectivity index (χ4v) is 4.82. The zero-order valence-corrected chi connectivity index (χ0v) is 14.2. The molecule has 0 amide bonds. The molecule has 0 saturated heterocycles. The maximum Gasteiger partial charge on any atom is 0.192 e. The summed E-state index contributed by atoms with van der Waals surface area (Å²) in [6.45, 7) is 11.7. The molecule has 2 aliphatic rings. The van der Waals surface area contributed by atoms with Gasteiger partial charge < -0.3 is 4.43 Å². The SMILES string of the molecule is CC(C)(C)[Si](C)(C)O[C@@H]1C[C@H]2C[C@H]1C=C2I. The minimum absolute atomic E-state index is 0.339. The highest BCUT2D eigenvalue weighted by Gasteiger charge is 2.46. The van der Waals surface area contributed by atoms with Gasteiger partial charge in [0, 0.05) is 5.92 Å². The molecule has 0 unspecified atom stereocenters. The lowest BCUT2D eigenvalue weighted by molar-refractivity contribution is 0.155. The van der Waals surface area contributed by atoms with Crippen LogP contribution < -0.4 is 0 Å². The molecule has 0 spiro atoms. The van der Waals surface area contributed by atoms with Gasteiger partial charge in [-0.15, -0.1) is 0 Å². The minimum Gasteiger partial charge on any atom is -0.413 e. The largest absolute Gasteiger partial charge is 0.413 e. The zero-order valence-electron chi connectivity index (χ0n) is 11.0. The number of halogens is 1. The van der Waals surface area contributed by atoms with Gasteiger partial charge in [0.1, 0.15) is 0 Å². The summed E-state index contributed by atoms with van der Waals surface area (Å²) in [5.74, 6) is 1.53. The second kappa shape index (κ2) is 4.09. The summed E-state index contributed by atoms with van der Waals surface area (Å²) in [5, 5.41) is 0.339. The summed E-state index contributed by atoms with van der Waals surface area (Å²) in [6, 6.07) is 0. The standard InChI is InChI=1S/C13H23IOSi/c1-13(2,3)16(4,5)15-12-8-9-6-10(12)7-11(9)14/h7,9-10,12H,6,8H2,1-5H3/t9-,10+,12-/m1/s1. The van der Waals surface area contributed by atoms with E-state index in [0.717, 1.165) is 5.92 Å². The van der Waals surface area contributed by atoms with E-state index in [2.05, 4.69) is 62.5 Å². The van der Waals surface area contributed by atoms with Gasteiger partial charge in [0.25, 0.3) is 0 Å². The fourth-order valence-electron chi connectivity index (χ4n) is 2.46. The maximum absolute atomic E-state index is 6.54. The lowest BCUT2D eigenvalue weighted by Gasteiger charge is -2.40. The highest BCUT2D eigenvalue weighted by Crippen LogP contribution is 2.50. The van der Waals surface area contributed by atoms with Crippen LogP contribution in [0, 0.1) is 11.8 Å². The van der Waals surface area contributed by atoms with Crippen molar-refractivity contribution >= 4 is 30.9 Å². The van der Waals surface area contributed by atoms with Crippen molar-refractivity contribution in [1.29, 1.82) is 0 Å². The summed E-state index contributed by atoms with van der Waals surface area (Å²) >= 11 is 2.50. The van der Waals surface area contributed by atoms with Crippen molar-refractivity contribution in [2.24, 2.45) is 11.8 Å². The summed E-state index contributed by atoms with van der Waals surface area (Å²) in [4.78, 5) is 0. The number of hydrogen-bond donors (Lipinski definition) is 0. The molecule has 2 rings (SSSR count). The Morgan fingerprint density at radius 3 is 2.31 bits per heavy atom. The van der Waals surface area contributed by atoms with Crippen LogP contribution in [0.15, 0.2) is 9.66 Å². The number of rotatable bonds is 2. The van der Waals surface area contributed by atoms with Gasteiger partial charge in [-0.3, -0.25) is 0 Å². The molecule has 0 aromatic heterocycles. The van der Waals surface area contributed by atoms with Crippen LogP contribution >= 0.6 is 22.6 Å². The second-order valence-corrected chi connectivity index (χ2v) is 12.8. The molecule has 3 heteroatoms. The van der Waals surface area contributed by atoms with E-state index in [0.29, 0.717) is 17.1 Å². The lowest BCUT2D eigenvalue weighted by Crippen LogP contribution is -2.44. The van der Waals surface area contributed by atoms with E-state index in [9.17, 15) is 0 Å². The smallest absolute Gasteiger partial charge is 0.192 e. The molecule has 1 nitrogen and oxygen atoms in total. The van der Waals surface area contributed by atoms with Gasteiger partial charge in [0.2, 0.25) is 0 Å². The molecule has 0 aromatic carbocycles. The molecule has 0 radical (unpaired) electrons. The first kappa shape index (κ1) is 13.1. The molecule has 3 atom stereocenters. The summed E-state index contributed by atoms with van der Waals surface area (Å²) < 4.78 is 8.12. The second-order valence-electron chi connectivity index (χ2n) is 6.80. The number of hydrogen-bond acceptors (Lipinski definition) is 1. The van der Waals surface area contributed by atoms with Crippen LogP contribution in [0.3, 0.4) is 0 Å². The van der Waals surface area contributed by atoms with Crippen LogP contribution in [0.2, 0.25) is 18.1 Å². The Morgan fingerprint density at radius 2 is 1.94 bits per heavy atom. The zero-order chi connectivity index (χ0) is 12.1. The van der Waals surface area contributed by atoms with Crippen LogP contribution in [-0.2, 0) is 4.43 Å². The quantitative estimate of drug-likeness (QED) is 0.517. The van der Waals surface area contributed by atoms with E-state index in [4.69, 9.17) is 4.43 Å². The summed E-state index contributed by atoms with van der Waals surface area (Å²) in [6.07, 6.45) is 5.58. The third-order valence-corrected chi connectivity index (χ3v) is 10.3. The Labute approximate surface area is 114 Å².